The van der Waals surface area contributed by atoms with Gasteiger partial charge >= 0.3 is 6.09 Å². The molecule has 2 rings (SSSR count). The van der Waals surface area contributed by atoms with E-state index in [0.717, 1.165) is 18.4 Å². The summed E-state index contributed by atoms with van der Waals surface area (Å²) in [5.41, 5.74) is 0.349. The molecule has 1 aliphatic heterocycles. The van der Waals surface area contributed by atoms with E-state index in [2.05, 4.69) is 10.3 Å². The van der Waals surface area contributed by atoms with Crippen molar-refractivity contribution in [1.82, 2.24) is 15.2 Å². The Kier molecular flexibility index (Phi) is 5.80. The lowest BCUT2D eigenvalue weighted by molar-refractivity contribution is 0.00905. The third-order valence-electron chi connectivity index (χ3n) is 4.22. The largest absolute Gasteiger partial charge is 0.444 e. The lowest BCUT2D eigenvalue weighted by Crippen LogP contribution is -2.51. The standard InChI is InChI=1S/C18H28FN3O2/c1-12-8-16(6-7-22(12)17(23)24-18(3,4)5)21-13(2)14-9-15(19)11-20-10-14/h9-13,16,21H,6-8H2,1-5H3. The molecule has 1 saturated heterocycles. The summed E-state index contributed by atoms with van der Waals surface area (Å²) in [6.07, 6.45) is 4.32. The van der Waals surface area contributed by atoms with Gasteiger partial charge in [0.1, 0.15) is 11.4 Å². The Morgan fingerprint density at radius 1 is 1.46 bits per heavy atom. The summed E-state index contributed by atoms with van der Waals surface area (Å²) >= 11 is 0. The average molecular weight is 337 g/mol. The van der Waals surface area contributed by atoms with Crippen molar-refractivity contribution in [3.8, 4) is 0 Å². The molecule has 134 valence electrons. The van der Waals surface area contributed by atoms with Crippen LogP contribution in [0.3, 0.4) is 0 Å². The number of likely N-dealkylation sites (tertiary alicyclic amines) is 1. The first-order valence-corrected chi connectivity index (χ1v) is 8.52. The summed E-state index contributed by atoms with van der Waals surface area (Å²) in [6.45, 7) is 10.3. The number of aromatic nitrogens is 1. The van der Waals surface area contributed by atoms with Crippen LogP contribution < -0.4 is 5.32 Å². The van der Waals surface area contributed by atoms with Gasteiger partial charge < -0.3 is 15.0 Å². The zero-order chi connectivity index (χ0) is 17.9. The number of hydrogen-bond donors (Lipinski definition) is 1. The van der Waals surface area contributed by atoms with Gasteiger partial charge in [-0.2, -0.15) is 0 Å². The van der Waals surface area contributed by atoms with Crippen molar-refractivity contribution < 1.29 is 13.9 Å². The lowest BCUT2D eigenvalue weighted by atomic mass is 9.97. The van der Waals surface area contributed by atoms with Crippen molar-refractivity contribution in [2.75, 3.05) is 6.54 Å². The van der Waals surface area contributed by atoms with Crippen LogP contribution in [0.5, 0.6) is 0 Å². The lowest BCUT2D eigenvalue weighted by Gasteiger charge is -2.39. The summed E-state index contributed by atoms with van der Waals surface area (Å²) in [5, 5.41) is 3.52. The minimum Gasteiger partial charge on any atom is -0.444 e. The first kappa shape index (κ1) is 18.6. The molecule has 3 atom stereocenters. The molecule has 0 radical (unpaired) electrons. The van der Waals surface area contributed by atoms with Crippen LogP contribution in [0.1, 0.15) is 59.1 Å². The normalized spacial score (nSPS) is 23.0. The van der Waals surface area contributed by atoms with Crippen LogP contribution in [0.15, 0.2) is 18.5 Å². The summed E-state index contributed by atoms with van der Waals surface area (Å²) < 4.78 is 18.8. The monoisotopic (exact) mass is 337 g/mol. The summed E-state index contributed by atoms with van der Waals surface area (Å²) in [7, 11) is 0. The topological polar surface area (TPSA) is 54.5 Å². The van der Waals surface area contributed by atoms with E-state index < -0.39 is 5.60 Å². The van der Waals surface area contributed by atoms with E-state index in [-0.39, 0.29) is 30.0 Å². The maximum Gasteiger partial charge on any atom is 0.410 e. The number of piperidine rings is 1. The van der Waals surface area contributed by atoms with E-state index in [1.165, 1.54) is 12.3 Å². The third kappa shape index (κ3) is 5.16. The summed E-state index contributed by atoms with van der Waals surface area (Å²) in [6, 6.07) is 1.89. The number of carbonyl (C=O) groups excluding carboxylic acids is 1. The second kappa shape index (κ2) is 7.47. The second-order valence-electron chi connectivity index (χ2n) is 7.57. The highest BCUT2D eigenvalue weighted by atomic mass is 19.1. The highest BCUT2D eigenvalue weighted by Gasteiger charge is 2.32. The molecular weight excluding hydrogens is 309 g/mol. The van der Waals surface area contributed by atoms with Crippen LogP contribution in [-0.4, -0.2) is 40.2 Å². The van der Waals surface area contributed by atoms with E-state index in [4.69, 9.17) is 4.74 Å². The van der Waals surface area contributed by atoms with Gasteiger partial charge in [-0.15, -0.1) is 0 Å². The van der Waals surface area contributed by atoms with Gasteiger partial charge in [0, 0.05) is 30.9 Å². The fraction of sp³-hybridized carbons (Fsp3) is 0.667. The van der Waals surface area contributed by atoms with Crippen molar-refractivity contribution in [3.05, 3.63) is 29.8 Å². The van der Waals surface area contributed by atoms with Crippen LogP contribution in [0.4, 0.5) is 9.18 Å². The van der Waals surface area contributed by atoms with Gasteiger partial charge in [0.15, 0.2) is 0 Å². The Morgan fingerprint density at radius 3 is 2.75 bits per heavy atom. The molecule has 0 aliphatic carbocycles. The number of ether oxygens (including phenoxy) is 1. The van der Waals surface area contributed by atoms with Gasteiger partial charge in [-0.25, -0.2) is 9.18 Å². The quantitative estimate of drug-likeness (QED) is 0.914. The molecule has 1 amide bonds. The fourth-order valence-corrected chi connectivity index (χ4v) is 3.03. The molecule has 1 N–H and O–H groups in total. The molecular formula is C18H28FN3O2. The van der Waals surface area contributed by atoms with Crippen molar-refractivity contribution in [1.29, 1.82) is 0 Å². The van der Waals surface area contributed by atoms with Gasteiger partial charge in [0.2, 0.25) is 0 Å². The first-order valence-electron chi connectivity index (χ1n) is 8.52. The maximum absolute atomic E-state index is 13.3. The van der Waals surface area contributed by atoms with Crippen LogP contribution in [0.2, 0.25) is 0 Å². The number of rotatable bonds is 3. The van der Waals surface area contributed by atoms with Crippen molar-refractivity contribution in [3.63, 3.8) is 0 Å². The molecule has 1 fully saturated rings. The van der Waals surface area contributed by atoms with E-state index in [1.807, 2.05) is 34.6 Å². The maximum atomic E-state index is 13.3. The Hall–Kier alpha value is -1.69. The number of halogens is 1. The minimum atomic E-state index is -0.481. The molecule has 0 aromatic carbocycles. The summed E-state index contributed by atoms with van der Waals surface area (Å²) in [4.78, 5) is 17.9. The number of nitrogens with zero attached hydrogens (tertiary/aromatic N) is 2. The zero-order valence-corrected chi connectivity index (χ0v) is 15.2. The van der Waals surface area contributed by atoms with Crippen LogP contribution in [0.25, 0.3) is 0 Å². The molecule has 0 spiro atoms. The molecule has 1 aromatic rings. The molecule has 5 nitrogen and oxygen atoms in total. The number of carbonyl (C=O) groups is 1. The molecule has 0 bridgehead atoms. The molecule has 2 heterocycles. The minimum absolute atomic E-state index is 0.0125. The third-order valence-corrected chi connectivity index (χ3v) is 4.22. The van der Waals surface area contributed by atoms with Gasteiger partial charge in [-0.3, -0.25) is 4.98 Å². The fourth-order valence-electron chi connectivity index (χ4n) is 3.03. The summed E-state index contributed by atoms with van der Waals surface area (Å²) in [5.74, 6) is -0.325. The Bertz CT molecular complexity index is 574. The first-order chi connectivity index (χ1) is 11.2. The Labute approximate surface area is 143 Å². The molecule has 1 aromatic heterocycles. The Balaban J connectivity index is 1.90. The predicted octanol–water partition coefficient (Wildman–Crippen LogP) is 3.66. The number of amides is 1. The van der Waals surface area contributed by atoms with Crippen molar-refractivity contribution >= 4 is 6.09 Å². The highest BCUT2D eigenvalue weighted by Crippen LogP contribution is 2.23. The van der Waals surface area contributed by atoms with Gasteiger partial charge in [-0.05, 0) is 59.1 Å². The predicted molar refractivity (Wildman–Crippen MR) is 91.2 cm³/mol. The molecule has 3 unspecified atom stereocenters. The van der Waals surface area contributed by atoms with Gasteiger partial charge in [0.25, 0.3) is 0 Å². The molecule has 0 saturated carbocycles. The number of pyridine rings is 1. The van der Waals surface area contributed by atoms with Crippen LogP contribution >= 0.6 is 0 Å². The van der Waals surface area contributed by atoms with E-state index in [1.54, 1.807) is 11.1 Å². The van der Waals surface area contributed by atoms with Gasteiger partial charge in [0.05, 0.1) is 6.20 Å². The van der Waals surface area contributed by atoms with E-state index in [9.17, 15) is 9.18 Å². The molecule has 6 heteroatoms. The number of nitrogens with one attached hydrogen (secondary N) is 1. The van der Waals surface area contributed by atoms with Crippen molar-refractivity contribution in [2.24, 2.45) is 0 Å². The van der Waals surface area contributed by atoms with Crippen molar-refractivity contribution in [2.45, 2.75) is 71.2 Å². The highest BCUT2D eigenvalue weighted by molar-refractivity contribution is 5.68. The van der Waals surface area contributed by atoms with Crippen LogP contribution in [0, 0.1) is 5.82 Å². The average Bonchev–Trinajstić information content (AvgIpc) is 2.45. The van der Waals surface area contributed by atoms with E-state index in [0.29, 0.717) is 6.54 Å². The molecule has 1 aliphatic rings. The van der Waals surface area contributed by atoms with Crippen LogP contribution in [-0.2, 0) is 4.74 Å². The second-order valence-corrected chi connectivity index (χ2v) is 7.57. The Morgan fingerprint density at radius 2 is 2.17 bits per heavy atom. The molecule has 24 heavy (non-hydrogen) atoms. The zero-order valence-electron chi connectivity index (χ0n) is 15.2. The number of hydrogen-bond acceptors (Lipinski definition) is 4. The smallest absolute Gasteiger partial charge is 0.410 e. The SMILES string of the molecule is CC(NC1CCN(C(=O)OC(C)(C)C)C(C)C1)c1cncc(F)c1. The van der Waals surface area contributed by atoms with E-state index >= 15 is 0 Å². The van der Waals surface area contributed by atoms with Gasteiger partial charge in [-0.1, -0.05) is 0 Å².